The molecule has 4 heteroatoms. The molecule has 1 aliphatic rings. The minimum absolute atomic E-state index is 0.182. The average Bonchev–Trinajstić information content (AvgIpc) is 2.65. The molecule has 1 aliphatic carbocycles. The number of rotatable bonds is 1. The lowest BCUT2D eigenvalue weighted by Crippen LogP contribution is -2.34. The van der Waals surface area contributed by atoms with E-state index in [4.69, 9.17) is 0 Å². The highest BCUT2D eigenvalue weighted by molar-refractivity contribution is 6.32. The van der Waals surface area contributed by atoms with Crippen LogP contribution in [0.5, 0.6) is 0 Å². The second kappa shape index (κ2) is 2.90. The summed E-state index contributed by atoms with van der Waals surface area (Å²) in [5.74, 6) is -0.949. The molecule has 62 valence electrons. The molecule has 1 amide bonds. The van der Waals surface area contributed by atoms with Gasteiger partial charge in [0.2, 0.25) is 0 Å². The van der Waals surface area contributed by atoms with Gasteiger partial charge >= 0.3 is 11.9 Å². The van der Waals surface area contributed by atoms with Crippen molar-refractivity contribution in [3.8, 4) is 0 Å². The van der Waals surface area contributed by atoms with Crippen LogP contribution in [0.1, 0.15) is 13.3 Å². The summed E-state index contributed by atoms with van der Waals surface area (Å²) >= 11 is 0. The topological polar surface area (TPSA) is 55.4 Å². The first kappa shape index (κ1) is 8.04. The van der Waals surface area contributed by atoms with Crippen LogP contribution in [0.4, 0.5) is 0 Å². The summed E-state index contributed by atoms with van der Waals surface area (Å²) in [5.41, 5.74) is 0. The average molecular weight is 157 g/mol. The molecule has 0 spiro atoms. The Morgan fingerprint density at radius 1 is 1.55 bits per heavy atom. The lowest BCUT2D eigenvalue weighted by molar-refractivity contribution is -0.152. The van der Waals surface area contributed by atoms with E-state index in [2.05, 4.69) is 10.1 Å². The number of hydrogen-bond acceptors (Lipinski definition) is 3. The molecule has 2 atom stereocenters. The van der Waals surface area contributed by atoms with Crippen LogP contribution in [0.15, 0.2) is 0 Å². The van der Waals surface area contributed by atoms with Gasteiger partial charge in [0.25, 0.3) is 0 Å². The van der Waals surface area contributed by atoms with Gasteiger partial charge < -0.3 is 10.1 Å². The molecule has 0 aliphatic heterocycles. The fraction of sp³-hybridized carbons (Fsp3) is 0.714. The summed E-state index contributed by atoms with van der Waals surface area (Å²) in [6, 6.07) is 0.182. The van der Waals surface area contributed by atoms with E-state index in [1.54, 1.807) is 0 Å². The number of hydrogen-bond donors (Lipinski definition) is 1. The monoisotopic (exact) mass is 157 g/mol. The Balaban J connectivity index is 2.26. The molecule has 0 saturated heterocycles. The van der Waals surface area contributed by atoms with Crippen molar-refractivity contribution in [1.82, 2.24) is 5.32 Å². The van der Waals surface area contributed by atoms with Gasteiger partial charge in [-0.05, 0) is 12.3 Å². The fourth-order valence-electron chi connectivity index (χ4n) is 0.843. The minimum Gasteiger partial charge on any atom is -0.462 e. The Hall–Kier alpha value is -1.06. The van der Waals surface area contributed by atoms with Crippen LogP contribution in [-0.2, 0) is 14.3 Å². The van der Waals surface area contributed by atoms with Crippen LogP contribution in [0.2, 0.25) is 0 Å². The van der Waals surface area contributed by atoms with Gasteiger partial charge in [-0.3, -0.25) is 4.79 Å². The summed E-state index contributed by atoms with van der Waals surface area (Å²) in [6.07, 6.45) is 0.961. The Labute approximate surface area is 64.9 Å². The Morgan fingerprint density at radius 3 is 2.45 bits per heavy atom. The van der Waals surface area contributed by atoms with E-state index in [0.29, 0.717) is 5.92 Å². The number of carbonyl (C=O) groups is 2. The van der Waals surface area contributed by atoms with Crippen molar-refractivity contribution in [2.75, 3.05) is 7.11 Å². The molecule has 0 aromatic rings. The first-order valence-corrected chi connectivity index (χ1v) is 3.54. The van der Waals surface area contributed by atoms with E-state index >= 15 is 0 Å². The molecule has 1 rings (SSSR count). The molecule has 1 saturated carbocycles. The van der Waals surface area contributed by atoms with E-state index in [0.717, 1.165) is 6.42 Å². The molecule has 0 radical (unpaired) electrons. The molecular weight excluding hydrogens is 146 g/mol. The van der Waals surface area contributed by atoms with Crippen LogP contribution in [0, 0.1) is 5.92 Å². The molecule has 0 aromatic heterocycles. The third-order valence-electron chi connectivity index (χ3n) is 1.80. The zero-order valence-electron chi connectivity index (χ0n) is 6.59. The number of nitrogens with one attached hydrogen (secondary N) is 1. The van der Waals surface area contributed by atoms with Gasteiger partial charge in [-0.1, -0.05) is 6.92 Å². The van der Waals surface area contributed by atoms with Crippen molar-refractivity contribution < 1.29 is 14.3 Å². The maximum Gasteiger partial charge on any atom is 0.396 e. The Morgan fingerprint density at radius 2 is 2.09 bits per heavy atom. The van der Waals surface area contributed by atoms with Crippen LogP contribution < -0.4 is 5.32 Å². The smallest absolute Gasteiger partial charge is 0.396 e. The second-order valence-electron chi connectivity index (χ2n) is 2.78. The minimum atomic E-state index is -0.816. The standard InChI is InChI=1S/C7H11NO3/c1-4-3-5(4)8-6(9)7(10)11-2/h4-5H,3H2,1-2H3,(H,8,9). The van der Waals surface area contributed by atoms with Crippen molar-refractivity contribution in [1.29, 1.82) is 0 Å². The zero-order chi connectivity index (χ0) is 8.43. The number of methoxy groups -OCH3 is 1. The van der Waals surface area contributed by atoms with Crippen molar-refractivity contribution in [2.24, 2.45) is 5.92 Å². The van der Waals surface area contributed by atoms with Crippen LogP contribution >= 0.6 is 0 Å². The van der Waals surface area contributed by atoms with Crippen molar-refractivity contribution >= 4 is 11.9 Å². The Kier molecular flexibility index (Phi) is 2.12. The molecule has 0 heterocycles. The van der Waals surface area contributed by atoms with Gasteiger partial charge in [-0.25, -0.2) is 4.79 Å². The SMILES string of the molecule is COC(=O)C(=O)NC1CC1C. The van der Waals surface area contributed by atoms with E-state index < -0.39 is 11.9 Å². The van der Waals surface area contributed by atoms with Crippen molar-refractivity contribution in [2.45, 2.75) is 19.4 Å². The first-order chi connectivity index (χ1) is 5.15. The molecular formula is C7H11NO3. The van der Waals surface area contributed by atoms with Gasteiger partial charge in [0.15, 0.2) is 0 Å². The highest BCUT2D eigenvalue weighted by atomic mass is 16.5. The fourth-order valence-corrected chi connectivity index (χ4v) is 0.843. The lowest BCUT2D eigenvalue weighted by atomic mass is 10.4. The van der Waals surface area contributed by atoms with Gasteiger partial charge in [-0.2, -0.15) is 0 Å². The van der Waals surface area contributed by atoms with Gasteiger partial charge in [0.1, 0.15) is 0 Å². The number of carbonyl (C=O) groups excluding carboxylic acids is 2. The number of amides is 1. The summed E-state index contributed by atoms with van der Waals surface area (Å²) < 4.78 is 4.22. The quantitative estimate of drug-likeness (QED) is 0.419. The Bertz CT molecular complexity index is 190. The van der Waals surface area contributed by atoms with Crippen LogP contribution in [0.3, 0.4) is 0 Å². The van der Waals surface area contributed by atoms with Crippen LogP contribution in [0.25, 0.3) is 0 Å². The van der Waals surface area contributed by atoms with Gasteiger partial charge in [-0.15, -0.1) is 0 Å². The third kappa shape index (κ3) is 1.93. The molecule has 4 nitrogen and oxygen atoms in total. The maximum absolute atomic E-state index is 10.8. The maximum atomic E-state index is 10.8. The molecule has 1 N–H and O–H groups in total. The number of ether oxygens (including phenoxy) is 1. The summed E-state index contributed by atoms with van der Waals surface area (Å²) in [4.78, 5) is 21.3. The largest absolute Gasteiger partial charge is 0.462 e. The highest BCUT2D eigenvalue weighted by Crippen LogP contribution is 2.28. The molecule has 1 fully saturated rings. The van der Waals surface area contributed by atoms with E-state index in [9.17, 15) is 9.59 Å². The molecule has 0 bridgehead atoms. The number of esters is 1. The van der Waals surface area contributed by atoms with Crippen molar-refractivity contribution in [3.63, 3.8) is 0 Å². The molecule has 11 heavy (non-hydrogen) atoms. The molecule has 0 aromatic carbocycles. The van der Waals surface area contributed by atoms with E-state index in [1.165, 1.54) is 7.11 Å². The summed E-state index contributed by atoms with van der Waals surface area (Å²) in [6.45, 7) is 2.02. The van der Waals surface area contributed by atoms with Gasteiger partial charge in [0.05, 0.1) is 7.11 Å². The van der Waals surface area contributed by atoms with E-state index in [-0.39, 0.29) is 6.04 Å². The summed E-state index contributed by atoms with van der Waals surface area (Å²) in [7, 11) is 1.19. The summed E-state index contributed by atoms with van der Waals surface area (Å²) in [5, 5.41) is 2.54. The third-order valence-corrected chi connectivity index (χ3v) is 1.80. The molecule has 2 unspecified atom stereocenters. The normalized spacial score (nSPS) is 27.5. The predicted octanol–water partition coefficient (Wildman–Crippen LogP) is -0.316. The first-order valence-electron chi connectivity index (χ1n) is 3.54. The van der Waals surface area contributed by atoms with E-state index in [1.807, 2.05) is 6.92 Å². The van der Waals surface area contributed by atoms with Crippen LogP contribution in [-0.4, -0.2) is 25.0 Å². The predicted molar refractivity (Wildman–Crippen MR) is 37.7 cm³/mol. The zero-order valence-corrected chi connectivity index (χ0v) is 6.59. The highest BCUT2D eigenvalue weighted by Gasteiger charge is 2.35. The van der Waals surface area contributed by atoms with Gasteiger partial charge in [0, 0.05) is 6.04 Å². The lowest BCUT2D eigenvalue weighted by Gasteiger charge is -1.99. The second-order valence-corrected chi connectivity index (χ2v) is 2.78. The van der Waals surface area contributed by atoms with Crippen molar-refractivity contribution in [3.05, 3.63) is 0 Å².